The zero-order chi connectivity index (χ0) is 17.0. The van der Waals surface area contributed by atoms with Crippen LogP contribution in [0.1, 0.15) is 47.2 Å². The van der Waals surface area contributed by atoms with E-state index >= 15 is 0 Å². The smallest absolute Gasteiger partial charge is 0.251 e. The molecular formula is C20H23FN2O. The molecule has 2 aromatic rings. The summed E-state index contributed by atoms with van der Waals surface area (Å²) >= 11 is 0. The first-order chi connectivity index (χ1) is 11.6. The highest BCUT2D eigenvalue weighted by atomic mass is 19.1. The molecule has 0 unspecified atom stereocenters. The summed E-state index contributed by atoms with van der Waals surface area (Å²) in [7, 11) is 0. The number of nitrogens with two attached hydrogens (primary N) is 1. The van der Waals surface area contributed by atoms with Crippen molar-refractivity contribution in [3.63, 3.8) is 0 Å². The predicted octanol–water partition coefficient (Wildman–Crippen LogP) is 3.53. The van der Waals surface area contributed by atoms with E-state index in [2.05, 4.69) is 5.32 Å². The molecule has 1 fully saturated rings. The Balaban J connectivity index is 1.72. The molecule has 1 aliphatic carbocycles. The van der Waals surface area contributed by atoms with Crippen LogP contribution in [0.15, 0.2) is 48.5 Å². The summed E-state index contributed by atoms with van der Waals surface area (Å²) in [6.45, 7) is 1.05. The molecular weight excluding hydrogens is 303 g/mol. The van der Waals surface area contributed by atoms with Crippen molar-refractivity contribution in [2.24, 2.45) is 5.73 Å². The summed E-state index contributed by atoms with van der Waals surface area (Å²) in [6.07, 6.45) is 4.31. The Kier molecular flexibility index (Phi) is 4.95. The van der Waals surface area contributed by atoms with Gasteiger partial charge in [0.15, 0.2) is 0 Å². The fourth-order valence-corrected chi connectivity index (χ4v) is 3.57. The van der Waals surface area contributed by atoms with E-state index in [4.69, 9.17) is 5.73 Å². The SMILES string of the molecule is NCc1ccc(C(=O)NCC2(c3ccc(F)cc3)CCCC2)cc1. The Labute approximate surface area is 142 Å². The zero-order valence-corrected chi connectivity index (χ0v) is 13.7. The summed E-state index contributed by atoms with van der Waals surface area (Å²) in [6, 6.07) is 14.1. The number of nitrogens with one attached hydrogen (secondary N) is 1. The van der Waals surface area contributed by atoms with Crippen molar-refractivity contribution in [2.75, 3.05) is 6.54 Å². The van der Waals surface area contributed by atoms with Gasteiger partial charge in [-0.2, -0.15) is 0 Å². The molecule has 3 rings (SSSR count). The van der Waals surface area contributed by atoms with E-state index in [-0.39, 0.29) is 17.1 Å². The molecule has 0 aliphatic heterocycles. The Bertz CT molecular complexity index is 689. The fraction of sp³-hybridized carbons (Fsp3) is 0.350. The van der Waals surface area contributed by atoms with Gasteiger partial charge in [0.2, 0.25) is 0 Å². The molecule has 1 saturated carbocycles. The van der Waals surface area contributed by atoms with Crippen molar-refractivity contribution >= 4 is 5.91 Å². The topological polar surface area (TPSA) is 55.1 Å². The van der Waals surface area contributed by atoms with Gasteiger partial charge < -0.3 is 11.1 Å². The van der Waals surface area contributed by atoms with Gasteiger partial charge in [-0.05, 0) is 48.2 Å². The largest absolute Gasteiger partial charge is 0.351 e. The van der Waals surface area contributed by atoms with Crippen LogP contribution < -0.4 is 11.1 Å². The average molecular weight is 326 g/mol. The first-order valence-corrected chi connectivity index (χ1v) is 8.46. The molecule has 0 atom stereocenters. The van der Waals surface area contributed by atoms with Crippen LogP contribution in [0.5, 0.6) is 0 Å². The monoisotopic (exact) mass is 326 g/mol. The van der Waals surface area contributed by atoms with Gasteiger partial charge in [0.1, 0.15) is 5.82 Å². The summed E-state index contributed by atoms with van der Waals surface area (Å²) < 4.78 is 13.2. The summed E-state index contributed by atoms with van der Waals surface area (Å²) in [4.78, 5) is 12.4. The van der Waals surface area contributed by atoms with E-state index in [9.17, 15) is 9.18 Å². The molecule has 1 aliphatic rings. The number of halogens is 1. The lowest BCUT2D eigenvalue weighted by Crippen LogP contribution is -2.39. The van der Waals surface area contributed by atoms with E-state index in [1.165, 1.54) is 12.1 Å². The molecule has 4 heteroatoms. The van der Waals surface area contributed by atoms with Crippen LogP contribution in [0.3, 0.4) is 0 Å². The molecule has 3 N–H and O–H groups in total. The Morgan fingerprint density at radius 1 is 1.04 bits per heavy atom. The number of hydrogen-bond donors (Lipinski definition) is 2. The maximum atomic E-state index is 13.2. The Morgan fingerprint density at radius 3 is 2.25 bits per heavy atom. The van der Waals surface area contributed by atoms with E-state index in [0.29, 0.717) is 18.7 Å². The van der Waals surface area contributed by atoms with Crippen molar-refractivity contribution in [3.8, 4) is 0 Å². The van der Waals surface area contributed by atoms with Gasteiger partial charge in [-0.1, -0.05) is 37.1 Å². The second kappa shape index (κ2) is 7.14. The quantitative estimate of drug-likeness (QED) is 0.883. The number of benzene rings is 2. The van der Waals surface area contributed by atoms with Crippen molar-refractivity contribution in [1.29, 1.82) is 0 Å². The van der Waals surface area contributed by atoms with Crippen molar-refractivity contribution in [1.82, 2.24) is 5.32 Å². The number of amides is 1. The van der Waals surface area contributed by atoms with Crippen LogP contribution in [-0.2, 0) is 12.0 Å². The van der Waals surface area contributed by atoms with Gasteiger partial charge in [0.25, 0.3) is 5.91 Å². The minimum atomic E-state index is -0.226. The van der Waals surface area contributed by atoms with Crippen LogP contribution in [0, 0.1) is 5.82 Å². The molecule has 0 bridgehead atoms. The van der Waals surface area contributed by atoms with Crippen LogP contribution in [0.25, 0.3) is 0 Å². The highest BCUT2D eigenvalue weighted by Gasteiger charge is 2.35. The van der Waals surface area contributed by atoms with Crippen LogP contribution >= 0.6 is 0 Å². The molecule has 0 spiro atoms. The lowest BCUT2D eigenvalue weighted by atomic mass is 9.78. The minimum Gasteiger partial charge on any atom is -0.351 e. The summed E-state index contributed by atoms with van der Waals surface area (Å²) in [5.74, 6) is -0.303. The van der Waals surface area contributed by atoms with E-state index < -0.39 is 0 Å². The normalized spacial score (nSPS) is 16.1. The van der Waals surface area contributed by atoms with E-state index in [1.54, 1.807) is 12.1 Å². The second-order valence-electron chi connectivity index (χ2n) is 6.58. The maximum Gasteiger partial charge on any atom is 0.251 e. The molecule has 126 valence electrons. The molecule has 2 aromatic carbocycles. The Hall–Kier alpha value is -2.20. The van der Waals surface area contributed by atoms with Crippen molar-refractivity contribution in [2.45, 2.75) is 37.6 Å². The molecule has 24 heavy (non-hydrogen) atoms. The van der Waals surface area contributed by atoms with E-state index in [1.807, 2.05) is 24.3 Å². The Morgan fingerprint density at radius 2 is 1.67 bits per heavy atom. The lowest BCUT2D eigenvalue weighted by Gasteiger charge is -2.30. The predicted molar refractivity (Wildman–Crippen MR) is 93.2 cm³/mol. The highest BCUT2D eigenvalue weighted by Crippen LogP contribution is 2.40. The number of carbonyl (C=O) groups excluding carboxylic acids is 1. The fourth-order valence-electron chi connectivity index (χ4n) is 3.57. The third-order valence-corrected chi connectivity index (χ3v) is 5.06. The molecule has 0 radical (unpaired) electrons. The van der Waals surface area contributed by atoms with Gasteiger partial charge >= 0.3 is 0 Å². The number of hydrogen-bond acceptors (Lipinski definition) is 2. The maximum absolute atomic E-state index is 13.2. The third kappa shape index (κ3) is 3.49. The van der Waals surface area contributed by atoms with Crippen molar-refractivity contribution < 1.29 is 9.18 Å². The second-order valence-corrected chi connectivity index (χ2v) is 6.58. The number of carbonyl (C=O) groups is 1. The molecule has 1 amide bonds. The minimum absolute atomic E-state index is 0.0769. The number of rotatable bonds is 5. The molecule has 0 saturated heterocycles. The van der Waals surface area contributed by atoms with Gasteiger partial charge in [-0.15, -0.1) is 0 Å². The first kappa shape index (κ1) is 16.7. The standard InChI is InChI=1S/C20H23FN2O/c21-18-9-7-17(8-10-18)20(11-1-2-12-20)14-23-19(24)16-5-3-15(13-22)4-6-16/h3-10H,1-2,11-14,22H2,(H,23,24). The van der Waals surface area contributed by atoms with Gasteiger partial charge in [0.05, 0.1) is 0 Å². The van der Waals surface area contributed by atoms with Gasteiger partial charge in [-0.25, -0.2) is 4.39 Å². The van der Waals surface area contributed by atoms with Crippen LogP contribution in [0.4, 0.5) is 4.39 Å². The average Bonchev–Trinajstić information content (AvgIpc) is 3.10. The van der Waals surface area contributed by atoms with Gasteiger partial charge in [-0.3, -0.25) is 4.79 Å². The zero-order valence-electron chi connectivity index (χ0n) is 13.7. The first-order valence-electron chi connectivity index (χ1n) is 8.46. The summed E-state index contributed by atoms with van der Waals surface area (Å²) in [5, 5.41) is 3.07. The summed E-state index contributed by atoms with van der Waals surface area (Å²) in [5.41, 5.74) is 8.25. The van der Waals surface area contributed by atoms with Gasteiger partial charge in [0, 0.05) is 24.1 Å². The molecule has 0 aromatic heterocycles. The lowest BCUT2D eigenvalue weighted by molar-refractivity contribution is 0.0943. The van der Waals surface area contributed by atoms with Crippen molar-refractivity contribution in [3.05, 3.63) is 71.0 Å². The molecule has 0 heterocycles. The third-order valence-electron chi connectivity index (χ3n) is 5.06. The molecule has 3 nitrogen and oxygen atoms in total. The highest BCUT2D eigenvalue weighted by molar-refractivity contribution is 5.94. The van der Waals surface area contributed by atoms with Crippen LogP contribution in [-0.4, -0.2) is 12.5 Å². The van der Waals surface area contributed by atoms with Crippen LogP contribution in [0.2, 0.25) is 0 Å². The van der Waals surface area contributed by atoms with E-state index in [0.717, 1.165) is 36.8 Å².